The van der Waals surface area contributed by atoms with E-state index >= 15 is 0 Å². The Kier molecular flexibility index (Phi) is 5.81. The van der Waals surface area contributed by atoms with Crippen LogP contribution in [0.5, 0.6) is 5.75 Å². The number of benzene rings is 2. The number of rotatable bonds is 6. The predicted octanol–water partition coefficient (Wildman–Crippen LogP) is 3.24. The number of alkyl halides is 3. The Bertz CT molecular complexity index is 1100. The van der Waals surface area contributed by atoms with Crippen molar-refractivity contribution in [1.82, 2.24) is 15.0 Å². The molecule has 3 aromatic rings. The van der Waals surface area contributed by atoms with Crippen LogP contribution in [0, 0.1) is 0 Å². The lowest BCUT2D eigenvalue weighted by Crippen LogP contribution is -2.30. The Morgan fingerprint density at radius 2 is 1.97 bits per heavy atom. The van der Waals surface area contributed by atoms with Gasteiger partial charge in [-0.05, 0) is 36.8 Å². The zero-order chi connectivity index (χ0) is 21.0. The van der Waals surface area contributed by atoms with Crippen molar-refractivity contribution in [1.29, 1.82) is 0 Å². The molecule has 7 nitrogen and oxygen atoms in total. The highest BCUT2D eigenvalue weighted by atomic mass is 19.4. The fourth-order valence-electron chi connectivity index (χ4n) is 2.59. The molecular formula is C19H17F3N4O3. The number of hydrogen-bond donors (Lipinski definition) is 1. The molecule has 0 aliphatic carbocycles. The van der Waals surface area contributed by atoms with E-state index in [9.17, 15) is 22.8 Å². The smallest absolute Gasteiger partial charge is 0.416 e. The Hall–Kier alpha value is -3.43. The monoisotopic (exact) mass is 406 g/mol. The van der Waals surface area contributed by atoms with Crippen LogP contribution in [-0.4, -0.2) is 27.5 Å². The summed E-state index contributed by atoms with van der Waals surface area (Å²) in [6.07, 6.45) is -3.94. The van der Waals surface area contributed by atoms with Gasteiger partial charge in [-0.1, -0.05) is 24.3 Å². The molecule has 0 spiro atoms. The number of carbonyl (C=O) groups excluding carboxylic acids is 1. The van der Waals surface area contributed by atoms with Crippen molar-refractivity contribution in [2.24, 2.45) is 0 Å². The normalized spacial score (nSPS) is 11.4. The van der Waals surface area contributed by atoms with Gasteiger partial charge in [-0.2, -0.15) is 13.2 Å². The van der Waals surface area contributed by atoms with Crippen LogP contribution in [0.1, 0.15) is 18.9 Å². The molecule has 152 valence electrons. The van der Waals surface area contributed by atoms with Crippen LogP contribution in [-0.2, 0) is 17.5 Å². The summed E-state index contributed by atoms with van der Waals surface area (Å²) in [4.78, 5) is 24.8. The first-order chi connectivity index (χ1) is 13.8. The van der Waals surface area contributed by atoms with Crippen LogP contribution in [0.4, 0.5) is 18.9 Å². The minimum absolute atomic E-state index is 0.102. The Morgan fingerprint density at radius 3 is 2.69 bits per heavy atom. The van der Waals surface area contributed by atoms with Gasteiger partial charge in [-0.25, -0.2) is 4.68 Å². The van der Waals surface area contributed by atoms with Crippen LogP contribution in [0.25, 0.3) is 10.9 Å². The highest BCUT2D eigenvalue weighted by Gasteiger charge is 2.31. The number of amides is 1. The Labute approximate surface area is 163 Å². The lowest BCUT2D eigenvalue weighted by Gasteiger charge is -2.15. The molecule has 0 bridgehead atoms. The highest BCUT2D eigenvalue weighted by molar-refractivity contribution is 5.92. The summed E-state index contributed by atoms with van der Waals surface area (Å²) < 4.78 is 45.3. The third-order valence-corrected chi connectivity index (χ3v) is 3.97. The summed E-state index contributed by atoms with van der Waals surface area (Å²) in [5.74, 6) is -0.637. The fourth-order valence-corrected chi connectivity index (χ4v) is 2.59. The van der Waals surface area contributed by atoms with Crippen LogP contribution >= 0.6 is 0 Å². The second kappa shape index (κ2) is 8.29. The molecule has 0 unspecified atom stereocenters. The first-order valence-corrected chi connectivity index (χ1v) is 8.76. The van der Waals surface area contributed by atoms with Crippen molar-refractivity contribution in [3.05, 3.63) is 58.4 Å². The third-order valence-electron chi connectivity index (χ3n) is 3.97. The number of fused-ring (bicyclic) bond motifs is 1. The fraction of sp³-hybridized carbons (Fsp3) is 0.263. The minimum Gasteiger partial charge on any atom is -0.491 e. The van der Waals surface area contributed by atoms with Crippen LogP contribution in [0.15, 0.2) is 47.3 Å². The molecule has 0 aliphatic heterocycles. The molecule has 1 aromatic heterocycles. The Balaban J connectivity index is 1.86. The molecule has 0 saturated carbocycles. The molecule has 0 saturated heterocycles. The number of halogens is 3. The van der Waals surface area contributed by atoms with Crippen molar-refractivity contribution in [2.45, 2.75) is 26.1 Å². The SMILES string of the molecule is CCCOc1ccc(C(F)(F)F)cc1NC(=O)Cn1nnc2ccccc2c1=O. The lowest BCUT2D eigenvalue weighted by atomic mass is 10.1. The van der Waals surface area contributed by atoms with Crippen LogP contribution in [0.2, 0.25) is 0 Å². The number of nitrogens with zero attached hydrogens (tertiary/aromatic N) is 3. The van der Waals surface area contributed by atoms with Crippen molar-refractivity contribution in [3.8, 4) is 5.75 Å². The van der Waals surface area contributed by atoms with Crippen LogP contribution < -0.4 is 15.6 Å². The van der Waals surface area contributed by atoms with Gasteiger partial charge in [0.2, 0.25) is 5.91 Å². The number of ether oxygens (including phenoxy) is 1. The molecule has 1 N–H and O–H groups in total. The van der Waals surface area contributed by atoms with Gasteiger partial charge < -0.3 is 10.1 Å². The van der Waals surface area contributed by atoms with Gasteiger partial charge in [0, 0.05) is 0 Å². The summed E-state index contributed by atoms with van der Waals surface area (Å²) in [5.41, 5.74) is -1.22. The predicted molar refractivity (Wildman–Crippen MR) is 99.7 cm³/mol. The standard InChI is InChI=1S/C19H17F3N4O3/c1-2-9-29-16-8-7-12(19(20,21)22)10-15(16)23-17(27)11-26-18(28)13-5-3-4-6-14(13)24-25-26/h3-8,10H,2,9,11H2,1H3,(H,23,27). The van der Waals surface area contributed by atoms with Crippen LogP contribution in [0.3, 0.4) is 0 Å². The molecule has 1 heterocycles. The molecule has 1 amide bonds. The maximum Gasteiger partial charge on any atom is 0.416 e. The number of carbonyl (C=O) groups is 1. The van der Waals surface area contributed by atoms with Crippen molar-refractivity contribution in [3.63, 3.8) is 0 Å². The van der Waals surface area contributed by atoms with E-state index in [1.807, 2.05) is 6.92 Å². The van der Waals surface area contributed by atoms with E-state index in [2.05, 4.69) is 15.6 Å². The first-order valence-electron chi connectivity index (χ1n) is 8.76. The van der Waals surface area contributed by atoms with E-state index in [1.54, 1.807) is 24.3 Å². The molecule has 3 rings (SSSR count). The average molecular weight is 406 g/mol. The minimum atomic E-state index is -4.58. The van der Waals surface area contributed by atoms with Gasteiger partial charge >= 0.3 is 6.18 Å². The van der Waals surface area contributed by atoms with Crippen molar-refractivity contribution < 1.29 is 22.7 Å². The van der Waals surface area contributed by atoms with Crippen molar-refractivity contribution >= 4 is 22.5 Å². The summed E-state index contributed by atoms with van der Waals surface area (Å²) in [6, 6.07) is 9.31. The molecule has 2 aromatic carbocycles. The van der Waals surface area contributed by atoms with Crippen molar-refractivity contribution in [2.75, 3.05) is 11.9 Å². The van der Waals surface area contributed by atoms with E-state index < -0.39 is 29.8 Å². The molecular weight excluding hydrogens is 389 g/mol. The third kappa shape index (κ3) is 4.71. The summed E-state index contributed by atoms with van der Waals surface area (Å²) >= 11 is 0. The molecule has 0 fully saturated rings. The van der Waals surface area contributed by atoms with Gasteiger partial charge in [0.15, 0.2) is 0 Å². The molecule has 10 heteroatoms. The molecule has 29 heavy (non-hydrogen) atoms. The maximum atomic E-state index is 13.0. The summed E-state index contributed by atoms with van der Waals surface area (Å²) in [5, 5.41) is 10.2. The van der Waals surface area contributed by atoms with E-state index in [0.717, 1.165) is 22.9 Å². The van der Waals surface area contributed by atoms with E-state index in [1.165, 1.54) is 0 Å². The van der Waals surface area contributed by atoms with Gasteiger partial charge in [-0.3, -0.25) is 9.59 Å². The average Bonchev–Trinajstić information content (AvgIpc) is 2.68. The lowest BCUT2D eigenvalue weighted by molar-refractivity contribution is -0.137. The second-order valence-electron chi connectivity index (χ2n) is 6.17. The number of anilines is 1. The van der Waals surface area contributed by atoms with Gasteiger partial charge in [0.05, 0.1) is 23.2 Å². The molecule has 0 aliphatic rings. The topological polar surface area (TPSA) is 86.1 Å². The second-order valence-corrected chi connectivity index (χ2v) is 6.17. The molecule has 0 atom stereocenters. The largest absolute Gasteiger partial charge is 0.491 e. The zero-order valence-electron chi connectivity index (χ0n) is 15.4. The van der Waals surface area contributed by atoms with Gasteiger partial charge in [-0.15, -0.1) is 5.10 Å². The van der Waals surface area contributed by atoms with E-state index in [4.69, 9.17) is 4.74 Å². The molecule has 0 radical (unpaired) electrons. The summed E-state index contributed by atoms with van der Waals surface area (Å²) in [7, 11) is 0. The zero-order valence-corrected chi connectivity index (χ0v) is 15.4. The van der Waals surface area contributed by atoms with Gasteiger partial charge in [0.1, 0.15) is 17.8 Å². The van der Waals surface area contributed by atoms with E-state index in [-0.39, 0.29) is 23.4 Å². The number of aromatic nitrogens is 3. The highest BCUT2D eigenvalue weighted by Crippen LogP contribution is 2.35. The first kappa shape index (κ1) is 20.3. The van der Waals surface area contributed by atoms with Gasteiger partial charge in [0.25, 0.3) is 5.56 Å². The quantitative estimate of drug-likeness (QED) is 0.679. The number of hydrogen-bond acceptors (Lipinski definition) is 5. The number of nitrogens with one attached hydrogen (secondary N) is 1. The Morgan fingerprint density at radius 1 is 1.21 bits per heavy atom. The summed E-state index contributed by atoms with van der Waals surface area (Å²) in [6.45, 7) is 1.59. The maximum absolute atomic E-state index is 13.0. The van der Waals surface area contributed by atoms with E-state index in [0.29, 0.717) is 11.9 Å².